The van der Waals surface area contributed by atoms with Crippen molar-refractivity contribution in [1.82, 2.24) is 0 Å². The van der Waals surface area contributed by atoms with E-state index in [0.29, 0.717) is 6.42 Å². The molecule has 24 heavy (non-hydrogen) atoms. The number of allylic oxidation sites excluding steroid dienone is 6. The molecule has 0 saturated carbocycles. The molecular formula is C22H32O2. The second-order valence-corrected chi connectivity index (χ2v) is 6.87. The Kier molecular flexibility index (Phi) is 8.39. The van der Waals surface area contributed by atoms with Crippen LogP contribution in [0.15, 0.2) is 47.1 Å². The first-order valence-electron chi connectivity index (χ1n) is 8.76. The third kappa shape index (κ3) is 7.08. The van der Waals surface area contributed by atoms with Gasteiger partial charge in [-0.25, -0.2) is 0 Å². The van der Waals surface area contributed by atoms with E-state index in [1.807, 2.05) is 6.92 Å². The van der Waals surface area contributed by atoms with Crippen molar-refractivity contribution < 1.29 is 10.2 Å². The molecule has 0 aliphatic rings. The van der Waals surface area contributed by atoms with Gasteiger partial charge in [0.1, 0.15) is 11.5 Å². The van der Waals surface area contributed by atoms with E-state index >= 15 is 0 Å². The Labute approximate surface area is 147 Å². The zero-order valence-electron chi connectivity index (χ0n) is 15.8. The molecule has 132 valence electrons. The predicted molar refractivity (Wildman–Crippen MR) is 104 cm³/mol. The monoisotopic (exact) mass is 328 g/mol. The van der Waals surface area contributed by atoms with E-state index in [0.717, 1.165) is 36.8 Å². The number of rotatable bonds is 8. The molecule has 1 rings (SSSR count). The second kappa shape index (κ2) is 10.0. The summed E-state index contributed by atoms with van der Waals surface area (Å²) in [6.07, 6.45) is 11.7. The SMILES string of the molecule is CC(C)=CCC/C(C)=C/CC/C(C)=C/Cc1c(O)ccc(O)c1C. The summed E-state index contributed by atoms with van der Waals surface area (Å²) in [6.45, 7) is 10.4. The van der Waals surface area contributed by atoms with Crippen molar-refractivity contribution in [1.29, 1.82) is 0 Å². The number of phenols is 2. The van der Waals surface area contributed by atoms with Crippen LogP contribution < -0.4 is 0 Å². The summed E-state index contributed by atoms with van der Waals surface area (Å²) in [5, 5.41) is 19.7. The van der Waals surface area contributed by atoms with E-state index in [2.05, 4.69) is 45.9 Å². The standard InChI is InChI=1S/C22H32O2/c1-16(2)8-6-9-17(3)10-7-11-18(4)12-13-20-19(5)21(23)14-15-22(20)24/h8,10,12,14-15,23-24H,6-7,9,11,13H2,1-5H3/b17-10+,18-12+. The van der Waals surface area contributed by atoms with Gasteiger partial charge in [-0.3, -0.25) is 0 Å². The number of phenolic OH excluding ortho intramolecular Hbond substituents is 2. The van der Waals surface area contributed by atoms with E-state index in [1.165, 1.54) is 22.8 Å². The van der Waals surface area contributed by atoms with Crippen LogP contribution in [0.4, 0.5) is 0 Å². The molecule has 0 spiro atoms. The van der Waals surface area contributed by atoms with Crippen molar-refractivity contribution >= 4 is 0 Å². The van der Waals surface area contributed by atoms with Crippen LogP contribution in [0.1, 0.15) is 64.5 Å². The quantitative estimate of drug-likeness (QED) is 0.430. The summed E-state index contributed by atoms with van der Waals surface area (Å²) in [5.41, 5.74) is 5.70. The molecule has 0 fully saturated rings. The Hall–Kier alpha value is -1.96. The van der Waals surface area contributed by atoms with Crippen molar-refractivity contribution in [3.63, 3.8) is 0 Å². The minimum atomic E-state index is 0.240. The van der Waals surface area contributed by atoms with Gasteiger partial charge in [0.15, 0.2) is 0 Å². The highest BCUT2D eigenvalue weighted by molar-refractivity contribution is 5.47. The van der Waals surface area contributed by atoms with E-state index in [9.17, 15) is 10.2 Å². The molecule has 0 aliphatic heterocycles. The second-order valence-electron chi connectivity index (χ2n) is 6.87. The van der Waals surface area contributed by atoms with Crippen LogP contribution in [-0.2, 0) is 6.42 Å². The van der Waals surface area contributed by atoms with Gasteiger partial charge in [0.05, 0.1) is 0 Å². The van der Waals surface area contributed by atoms with Gasteiger partial charge in [-0.15, -0.1) is 0 Å². The average Bonchev–Trinajstić information content (AvgIpc) is 2.50. The van der Waals surface area contributed by atoms with Gasteiger partial charge in [-0.2, -0.15) is 0 Å². The van der Waals surface area contributed by atoms with Gasteiger partial charge in [-0.1, -0.05) is 34.9 Å². The minimum absolute atomic E-state index is 0.240. The van der Waals surface area contributed by atoms with Crippen LogP contribution >= 0.6 is 0 Å². The molecule has 0 bridgehead atoms. The highest BCUT2D eigenvalue weighted by Gasteiger charge is 2.07. The summed E-state index contributed by atoms with van der Waals surface area (Å²) >= 11 is 0. The smallest absolute Gasteiger partial charge is 0.119 e. The maximum atomic E-state index is 9.94. The maximum absolute atomic E-state index is 9.94. The van der Waals surface area contributed by atoms with Crippen LogP contribution in [0.25, 0.3) is 0 Å². The topological polar surface area (TPSA) is 40.5 Å². The first-order chi connectivity index (χ1) is 11.3. The van der Waals surface area contributed by atoms with Gasteiger partial charge in [0.25, 0.3) is 0 Å². The fourth-order valence-electron chi connectivity index (χ4n) is 2.60. The van der Waals surface area contributed by atoms with Crippen LogP contribution in [0.5, 0.6) is 11.5 Å². The number of hydrogen-bond acceptors (Lipinski definition) is 2. The normalized spacial score (nSPS) is 12.4. The zero-order chi connectivity index (χ0) is 18.1. The Bertz CT molecular complexity index is 630. The van der Waals surface area contributed by atoms with Crippen LogP contribution in [0.3, 0.4) is 0 Å². The predicted octanol–water partition coefficient (Wildman–Crippen LogP) is 6.37. The van der Waals surface area contributed by atoms with E-state index in [4.69, 9.17) is 0 Å². The summed E-state index contributed by atoms with van der Waals surface area (Å²) in [7, 11) is 0. The van der Waals surface area contributed by atoms with Gasteiger partial charge >= 0.3 is 0 Å². The van der Waals surface area contributed by atoms with Gasteiger partial charge in [0, 0.05) is 5.56 Å². The molecule has 1 aromatic rings. The molecule has 2 nitrogen and oxygen atoms in total. The molecule has 0 aliphatic carbocycles. The van der Waals surface area contributed by atoms with E-state index < -0.39 is 0 Å². The summed E-state index contributed by atoms with van der Waals surface area (Å²) in [4.78, 5) is 0. The lowest BCUT2D eigenvalue weighted by Gasteiger charge is -2.08. The van der Waals surface area contributed by atoms with Crippen molar-refractivity contribution in [2.24, 2.45) is 0 Å². The molecule has 0 unspecified atom stereocenters. The fourth-order valence-corrected chi connectivity index (χ4v) is 2.60. The highest BCUT2D eigenvalue weighted by Crippen LogP contribution is 2.29. The average molecular weight is 328 g/mol. The Morgan fingerprint density at radius 2 is 1.38 bits per heavy atom. The third-order valence-corrected chi connectivity index (χ3v) is 4.32. The van der Waals surface area contributed by atoms with Gasteiger partial charge < -0.3 is 10.2 Å². The number of hydrogen-bond donors (Lipinski definition) is 2. The number of benzene rings is 1. The molecule has 0 saturated heterocycles. The molecule has 0 radical (unpaired) electrons. The number of aromatic hydroxyl groups is 2. The molecule has 0 aromatic heterocycles. The zero-order valence-corrected chi connectivity index (χ0v) is 15.8. The van der Waals surface area contributed by atoms with Crippen LogP contribution in [-0.4, -0.2) is 10.2 Å². The molecule has 2 heteroatoms. The lowest BCUT2D eigenvalue weighted by molar-refractivity contribution is 0.452. The fraction of sp³-hybridized carbons (Fsp3) is 0.455. The van der Waals surface area contributed by atoms with Gasteiger partial charge in [-0.05, 0) is 84.4 Å². The summed E-state index contributed by atoms with van der Waals surface area (Å²) in [6, 6.07) is 3.09. The lowest BCUT2D eigenvalue weighted by atomic mass is 10.0. The van der Waals surface area contributed by atoms with Crippen molar-refractivity contribution in [3.8, 4) is 11.5 Å². The molecular weight excluding hydrogens is 296 g/mol. The molecule has 0 amide bonds. The molecule has 0 atom stereocenters. The Balaban J connectivity index is 2.51. The largest absolute Gasteiger partial charge is 0.508 e. The van der Waals surface area contributed by atoms with Crippen LogP contribution in [0, 0.1) is 6.92 Å². The van der Waals surface area contributed by atoms with Crippen molar-refractivity contribution in [3.05, 3.63) is 58.2 Å². The first kappa shape index (κ1) is 20.1. The summed E-state index contributed by atoms with van der Waals surface area (Å²) in [5.74, 6) is 0.494. The Morgan fingerprint density at radius 3 is 2.00 bits per heavy atom. The maximum Gasteiger partial charge on any atom is 0.119 e. The van der Waals surface area contributed by atoms with E-state index in [-0.39, 0.29) is 11.5 Å². The van der Waals surface area contributed by atoms with Crippen molar-refractivity contribution in [2.75, 3.05) is 0 Å². The summed E-state index contributed by atoms with van der Waals surface area (Å²) < 4.78 is 0. The highest BCUT2D eigenvalue weighted by atomic mass is 16.3. The molecule has 2 N–H and O–H groups in total. The van der Waals surface area contributed by atoms with E-state index in [1.54, 1.807) is 6.07 Å². The van der Waals surface area contributed by atoms with Crippen LogP contribution in [0.2, 0.25) is 0 Å². The minimum Gasteiger partial charge on any atom is -0.508 e. The first-order valence-corrected chi connectivity index (χ1v) is 8.76. The van der Waals surface area contributed by atoms with Gasteiger partial charge in [0.2, 0.25) is 0 Å². The van der Waals surface area contributed by atoms with Crippen molar-refractivity contribution in [2.45, 2.75) is 66.7 Å². The third-order valence-electron chi connectivity index (χ3n) is 4.32. The molecule has 0 heterocycles. The Morgan fingerprint density at radius 1 is 0.833 bits per heavy atom. The lowest BCUT2D eigenvalue weighted by Crippen LogP contribution is -1.90. The molecule has 1 aromatic carbocycles.